The van der Waals surface area contributed by atoms with Gasteiger partial charge in [0.05, 0.1) is 5.69 Å². The van der Waals surface area contributed by atoms with Crippen LogP contribution in [-0.2, 0) is 6.54 Å². The van der Waals surface area contributed by atoms with Gasteiger partial charge < -0.3 is 10.2 Å². The summed E-state index contributed by atoms with van der Waals surface area (Å²) in [5.74, 6) is 1.45. The molecule has 1 aromatic rings. The smallest absolute Gasteiger partial charge is 0.186 e. The lowest BCUT2D eigenvalue weighted by Crippen LogP contribution is -2.27. The third-order valence-corrected chi connectivity index (χ3v) is 5.43. The van der Waals surface area contributed by atoms with E-state index in [2.05, 4.69) is 37.9 Å². The summed E-state index contributed by atoms with van der Waals surface area (Å²) in [6, 6.07) is 1.31. The van der Waals surface area contributed by atoms with Crippen molar-refractivity contribution in [3.63, 3.8) is 0 Å². The van der Waals surface area contributed by atoms with Gasteiger partial charge in [-0.05, 0) is 37.5 Å². The van der Waals surface area contributed by atoms with Crippen molar-refractivity contribution < 1.29 is 0 Å². The van der Waals surface area contributed by atoms with Gasteiger partial charge in [0.1, 0.15) is 0 Å². The first-order valence-corrected chi connectivity index (χ1v) is 9.36. The van der Waals surface area contributed by atoms with Gasteiger partial charge in [-0.25, -0.2) is 4.98 Å². The summed E-state index contributed by atoms with van der Waals surface area (Å²) in [5.41, 5.74) is 1.31. The van der Waals surface area contributed by atoms with Gasteiger partial charge in [-0.15, -0.1) is 11.3 Å². The van der Waals surface area contributed by atoms with E-state index < -0.39 is 0 Å². The molecule has 0 unspecified atom stereocenters. The lowest BCUT2D eigenvalue weighted by atomic mass is 10.1. The average molecular weight is 308 g/mol. The van der Waals surface area contributed by atoms with Crippen molar-refractivity contribution in [3.05, 3.63) is 10.6 Å². The molecule has 3 nitrogen and oxygen atoms in total. The zero-order valence-electron chi connectivity index (χ0n) is 13.9. The highest BCUT2D eigenvalue weighted by Crippen LogP contribution is 2.40. The number of nitrogens with one attached hydrogen (secondary N) is 1. The average Bonchev–Trinajstić information content (AvgIpc) is 3.31. The largest absolute Gasteiger partial charge is 0.345 e. The molecule has 0 aliphatic heterocycles. The molecule has 0 atom stereocenters. The summed E-state index contributed by atoms with van der Waals surface area (Å²) >= 11 is 1.93. The molecule has 21 heavy (non-hydrogen) atoms. The first kappa shape index (κ1) is 15.3. The summed E-state index contributed by atoms with van der Waals surface area (Å²) in [5, 5.41) is 4.84. The van der Waals surface area contributed by atoms with Gasteiger partial charge in [0.2, 0.25) is 0 Å². The molecule has 0 spiro atoms. The fourth-order valence-corrected chi connectivity index (χ4v) is 3.94. The van der Waals surface area contributed by atoms with Gasteiger partial charge in [0.25, 0.3) is 0 Å². The Labute approximate surface area is 133 Å². The predicted molar refractivity (Wildman–Crippen MR) is 91.3 cm³/mol. The summed E-state index contributed by atoms with van der Waals surface area (Å²) in [6.45, 7) is 11.2. The molecule has 0 bridgehead atoms. The predicted octanol–water partition coefficient (Wildman–Crippen LogP) is 4.14. The van der Waals surface area contributed by atoms with Crippen LogP contribution in [0.1, 0.15) is 69.9 Å². The highest BCUT2D eigenvalue weighted by Gasteiger charge is 2.35. The minimum absolute atomic E-state index is 0.515. The lowest BCUT2D eigenvalue weighted by molar-refractivity contribution is 0.588. The van der Waals surface area contributed by atoms with Gasteiger partial charge in [-0.2, -0.15) is 0 Å². The van der Waals surface area contributed by atoms with E-state index in [1.54, 1.807) is 0 Å². The fraction of sp³-hybridized carbons (Fsp3) is 0.824. The molecule has 3 rings (SSSR count). The topological polar surface area (TPSA) is 28.2 Å². The van der Waals surface area contributed by atoms with E-state index in [9.17, 15) is 0 Å². The first-order chi connectivity index (χ1) is 10.0. The zero-order chi connectivity index (χ0) is 15.0. The maximum atomic E-state index is 5.03. The Balaban J connectivity index is 1.78. The van der Waals surface area contributed by atoms with Gasteiger partial charge in [-0.1, -0.05) is 27.7 Å². The van der Waals surface area contributed by atoms with Crippen LogP contribution >= 0.6 is 11.3 Å². The number of nitrogens with zero attached hydrogens (tertiary/aromatic N) is 2. The van der Waals surface area contributed by atoms with Gasteiger partial charge in [0, 0.05) is 30.1 Å². The minimum Gasteiger partial charge on any atom is -0.345 e. The van der Waals surface area contributed by atoms with Crippen LogP contribution in [0.4, 0.5) is 5.13 Å². The van der Waals surface area contributed by atoms with Gasteiger partial charge >= 0.3 is 0 Å². The zero-order valence-corrected chi connectivity index (χ0v) is 14.7. The van der Waals surface area contributed by atoms with Crippen LogP contribution in [-0.4, -0.2) is 23.6 Å². The Morgan fingerprint density at radius 3 is 2.43 bits per heavy atom. The molecule has 2 aliphatic carbocycles. The fourth-order valence-electron chi connectivity index (χ4n) is 2.70. The van der Waals surface area contributed by atoms with E-state index >= 15 is 0 Å². The molecule has 0 radical (unpaired) electrons. The highest BCUT2D eigenvalue weighted by atomic mass is 32.1. The third kappa shape index (κ3) is 3.98. The van der Waals surface area contributed by atoms with Crippen LogP contribution in [0.2, 0.25) is 0 Å². The van der Waals surface area contributed by atoms with E-state index in [1.165, 1.54) is 47.9 Å². The Morgan fingerprint density at radius 1 is 1.19 bits per heavy atom. The van der Waals surface area contributed by atoms with Crippen molar-refractivity contribution in [2.45, 2.75) is 77.9 Å². The molecule has 4 heteroatoms. The molecule has 1 N–H and O–H groups in total. The van der Waals surface area contributed by atoms with Crippen molar-refractivity contribution >= 4 is 16.5 Å². The molecule has 2 aliphatic rings. The summed E-state index contributed by atoms with van der Waals surface area (Å²) < 4.78 is 0. The molecule has 0 amide bonds. The lowest BCUT2D eigenvalue weighted by Gasteiger charge is -2.21. The number of aromatic nitrogens is 1. The Morgan fingerprint density at radius 2 is 1.90 bits per heavy atom. The third-order valence-electron chi connectivity index (χ3n) is 4.32. The van der Waals surface area contributed by atoms with Gasteiger partial charge in [0.15, 0.2) is 5.13 Å². The van der Waals surface area contributed by atoms with Crippen LogP contribution in [0, 0.1) is 5.92 Å². The molecule has 0 aromatic carbocycles. The van der Waals surface area contributed by atoms with Crippen LogP contribution < -0.4 is 10.2 Å². The summed E-state index contributed by atoms with van der Waals surface area (Å²) in [6.07, 6.45) is 5.58. The number of anilines is 1. The Hall–Kier alpha value is -0.610. The molecular weight excluding hydrogens is 278 g/mol. The van der Waals surface area contributed by atoms with Crippen LogP contribution in [0.25, 0.3) is 0 Å². The highest BCUT2D eigenvalue weighted by molar-refractivity contribution is 7.15. The van der Waals surface area contributed by atoms with Crippen LogP contribution in [0.5, 0.6) is 0 Å². The van der Waals surface area contributed by atoms with E-state index in [0.717, 1.165) is 18.5 Å². The Bertz CT molecular complexity index is 472. The van der Waals surface area contributed by atoms with E-state index in [4.69, 9.17) is 4.98 Å². The standard InChI is InChI=1S/C17H29N3S/c1-11(2)16-15(9-18-12(3)4)21-17(19-16)20(14-7-8-14)10-13-5-6-13/h11-14,18H,5-10H2,1-4H3. The maximum absolute atomic E-state index is 5.03. The summed E-state index contributed by atoms with van der Waals surface area (Å²) in [4.78, 5) is 9.09. The molecule has 2 fully saturated rings. The second-order valence-electron chi connectivity index (χ2n) is 7.32. The van der Waals surface area contributed by atoms with E-state index in [-0.39, 0.29) is 0 Å². The van der Waals surface area contributed by atoms with Crippen molar-refractivity contribution in [2.75, 3.05) is 11.4 Å². The maximum Gasteiger partial charge on any atom is 0.186 e. The Kier molecular flexibility index (Phi) is 4.55. The summed E-state index contributed by atoms with van der Waals surface area (Å²) in [7, 11) is 0. The van der Waals surface area contributed by atoms with Crippen molar-refractivity contribution in [3.8, 4) is 0 Å². The number of hydrogen-bond acceptors (Lipinski definition) is 4. The van der Waals surface area contributed by atoms with Crippen LogP contribution in [0.15, 0.2) is 0 Å². The molecule has 118 valence electrons. The number of thiazole rings is 1. The number of hydrogen-bond donors (Lipinski definition) is 1. The van der Waals surface area contributed by atoms with E-state index in [0.29, 0.717) is 12.0 Å². The molecule has 1 aromatic heterocycles. The van der Waals surface area contributed by atoms with Crippen molar-refractivity contribution in [1.82, 2.24) is 10.3 Å². The van der Waals surface area contributed by atoms with Crippen molar-refractivity contribution in [1.29, 1.82) is 0 Å². The second kappa shape index (κ2) is 6.25. The molecular formula is C17H29N3S. The molecule has 0 saturated heterocycles. The molecule has 2 saturated carbocycles. The first-order valence-electron chi connectivity index (χ1n) is 8.54. The van der Waals surface area contributed by atoms with Crippen molar-refractivity contribution in [2.24, 2.45) is 5.92 Å². The quantitative estimate of drug-likeness (QED) is 0.782. The van der Waals surface area contributed by atoms with Crippen LogP contribution in [0.3, 0.4) is 0 Å². The number of rotatable bonds is 8. The SMILES string of the molecule is CC(C)NCc1sc(N(CC2CC2)C2CC2)nc1C(C)C. The molecule has 1 heterocycles. The minimum atomic E-state index is 0.515. The monoisotopic (exact) mass is 307 g/mol. The van der Waals surface area contributed by atoms with Gasteiger partial charge in [-0.3, -0.25) is 0 Å². The normalized spacial score (nSPS) is 18.8. The second-order valence-corrected chi connectivity index (χ2v) is 8.38. The van der Waals surface area contributed by atoms with E-state index in [1.807, 2.05) is 11.3 Å².